The zero-order valence-corrected chi connectivity index (χ0v) is 15.5. The third-order valence-electron chi connectivity index (χ3n) is 3.59. The zero-order valence-electron chi connectivity index (χ0n) is 14.7. The van der Waals surface area contributed by atoms with Gasteiger partial charge in [-0.05, 0) is 12.1 Å². The van der Waals surface area contributed by atoms with Crippen molar-refractivity contribution >= 4 is 9.84 Å². The van der Waals surface area contributed by atoms with Crippen molar-refractivity contribution in [3.8, 4) is 17.3 Å². The number of sulfone groups is 1. The fourth-order valence-electron chi connectivity index (χ4n) is 1.95. The van der Waals surface area contributed by atoms with Crippen LogP contribution in [0.2, 0.25) is 0 Å². The molecule has 0 aromatic carbocycles. The van der Waals surface area contributed by atoms with Gasteiger partial charge in [0.05, 0.1) is 16.2 Å². The number of ether oxygens (including phenoxy) is 1. The van der Waals surface area contributed by atoms with Crippen LogP contribution in [0.15, 0.2) is 29.3 Å². The topological polar surface area (TPSA) is 82.0 Å². The molecule has 15 heteroatoms. The minimum atomic E-state index is -5.85. The molecule has 2 aromatic rings. The van der Waals surface area contributed by atoms with Crippen molar-refractivity contribution in [3.05, 3.63) is 30.0 Å². The Morgan fingerprint density at radius 3 is 2.10 bits per heavy atom. The van der Waals surface area contributed by atoms with Gasteiger partial charge in [0.1, 0.15) is 11.4 Å². The summed E-state index contributed by atoms with van der Waals surface area (Å²) in [5.74, 6) is -6.48. The molecule has 0 spiro atoms. The normalized spacial score (nSPS) is 13.4. The number of aromatic nitrogens is 3. The number of nitrogens with zero attached hydrogens (tertiary/aromatic N) is 3. The number of pyridine rings is 1. The quantitative estimate of drug-likeness (QED) is 0.602. The van der Waals surface area contributed by atoms with Crippen LogP contribution in [0.4, 0.5) is 35.1 Å². The van der Waals surface area contributed by atoms with Crippen LogP contribution in [0.25, 0.3) is 11.4 Å². The van der Waals surface area contributed by atoms with Crippen molar-refractivity contribution in [2.24, 2.45) is 0 Å². The molecule has 0 radical (unpaired) electrons. The molecule has 0 N–H and O–H groups in total. The van der Waals surface area contributed by atoms with E-state index in [0.717, 1.165) is 12.1 Å². The maximum Gasteiger partial charge on any atom is 0.456 e. The Balaban J connectivity index is 2.38. The lowest BCUT2D eigenvalue weighted by Crippen LogP contribution is -2.41. The van der Waals surface area contributed by atoms with Gasteiger partial charge in [-0.25, -0.2) is 8.42 Å². The molecule has 6 nitrogen and oxygen atoms in total. The molecule has 2 rings (SSSR count). The molecule has 0 aliphatic rings. The smallest absolute Gasteiger partial charge is 0.456 e. The maximum atomic E-state index is 12.9. The van der Waals surface area contributed by atoms with Crippen molar-refractivity contribution in [2.45, 2.75) is 30.1 Å². The van der Waals surface area contributed by atoms with Crippen LogP contribution in [0.1, 0.15) is 12.5 Å². The Morgan fingerprint density at radius 2 is 1.63 bits per heavy atom. The fraction of sp³-hybridized carbons (Fsp3) is 0.400. The van der Waals surface area contributed by atoms with E-state index < -0.39 is 62.5 Å². The van der Waals surface area contributed by atoms with E-state index in [1.54, 1.807) is 0 Å². The SMILES string of the molecule is CCS(=O)(=O)c1cc(C(F)(F)F)cnc1-c1ccc(OCC(F)(F)C(F)(F)F)nn1. The van der Waals surface area contributed by atoms with Gasteiger partial charge in [-0.2, -0.15) is 35.1 Å². The Hall–Kier alpha value is -2.58. The minimum absolute atomic E-state index is 0.358. The Morgan fingerprint density at radius 1 is 1.00 bits per heavy atom. The van der Waals surface area contributed by atoms with Gasteiger partial charge in [-0.3, -0.25) is 4.98 Å². The van der Waals surface area contributed by atoms with Crippen LogP contribution in [-0.4, -0.2) is 48.1 Å². The predicted molar refractivity (Wildman–Crippen MR) is 84.5 cm³/mol. The molecule has 2 aromatic heterocycles. The predicted octanol–water partition coefficient (Wildman–Crippen LogP) is 3.93. The van der Waals surface area contributed by atoms with E-state index in [1.807, 2.05) is 0 Å². The van der Waals surface area contributed by atoms with E-state index in [4.69, 9.17) is 0 Å². The lowest BCUT2D eigenvalue weighted by molar-refractivity contribution is -0.290. The molecule has 0 atom stereocenters. The van der Waals surface area contributed by atoms with Gasteiger partial charge in [-0.15, -0.1) is 10.2 Å². The summed E-state index contributed by atoms with van der Waals surface area (Å²) >= 11 is 0. The zero-order chi connectivity index (χ0) is 23.0. The van der Waals surface area contributed by atoms with E-state index >= 15 is 0 Å². The van der Waals surface area contributed by atoms with Crippen LogP contribution in [0, 0.1) is 0 Å². The van der Waals surface area contributed by atoms with E-state index in [2.05, 4.69) is 19.9 Å². The molecule has 0 fully saturated rings. The van der Waals surface area contributed by atoms with E-state index in [1.165, 1.54) is 6.92 Å². The Bertz CT molecular complexity index is 1010. The lowest BCUT2D eigenvalue weighted by Gasteiger charge is -2.19. The van der Waals surface area contributed by atoms with Crippen LogP contribution < -0.4 is 4.74 Å². The van der Waals surface area contributed by atoms with Gasteiger partial charge < -0.3 is 4.74 Å². The summed E-state index contributed by atoms with van der Waals surface area (Å²) in [4.78, 5) is 2.67. The van der Waals surface area contributed by atoms with Crippen molar-refractivity contribution in [1.82, 2.24) is 15.2 Å². The Kier molecular flexibility index (Phi) is 6.26. The van der Waals surface area contributed by atoms with E-state index in [9.17, 15) is 43.5 Å². The van der Waals surface area contributed by atoms with Crippen molar-refractivity contribution in [2.75, 3.05) is 12.4 Å². The largest absolute Gasteiger partial charge is 0.470 e. The number of hydrogen-bond acceptors (Lipinski definition) is 6. The van der Waals surface area contributed by atoms with Gasteiger partial charge in [0.2, 0.25) is 5.88 Å². The van der Waals surface area contributed by atoms with Crippen LogP contribution in [-0.2, 0) is 16.0 Å². The average molecular weight is 465 g/mol. The molecule has 0 saturated heterocycles. The first-order valence-electron chi connectivity index (χ1n) is 7.80. The lowest BCUT2D eigenvalue weighted by atomic mass is 10.2. The molecule has 2 heterocycles. The maximum absolute atomic E-state index is 12.9. The molecular weight excluding hydrogens is 454 g/mol. The molecule has 0 bridgehead atoms. The fourth-order valence-corrected chi connectivity index (χ4v) is 3.02. The summed E-state index contributed by atoms with van der Waals surface area (Å²) in [6.07, 6.45) is -10.4. The molecule has 166 valence electrons. The molecule has 30 heavy (non-hydrogen) atoms. The monoisotopic (exact) mass is 465 g/mol. The summed E-state index contributed by atoms with van der Waals surface area (Å²) in [6, 6.07) is 2.05. The second kappa shape index (κ2) is 7.92. The summed E-state index contributed by atoms with van der Waals surface area (Å²) in [7, 11) is -4.20. The van der Waals surface area contributed by atoms with Crippen LogP contribution in [0.5, 0.6) is 5.88 Å². The van der Waals surface area contributed by atoms with Crippen LogP contribution >= 0.6 is 0 Å². The second-order valence-corrected chi connectivity index (χ2v) is 7.97. The Labute approximate surface area is 163 Å². The van der Waals surface area contributed by atoms with Gasteiger partial charge >= 0.3 is 18.3 Å². The first-order valence-corrected chi connectivity index (χ1v) is 9.45. The van der Waals surface area contributed by atoms with E-state index in [-0.39, 0.29) is 5.69 Å². The summed E-state index contributed by atoms with van der Waals surface area (Å²) in [5.41, 5.74) is -2.21. The number of halogens is 8. The van der Waals surface area contributed by atoms with Crippen LogP contribution in [0.3, 0.4) is 0 Å². The molecule has 0 aliphatic heterocycles. The number of alkyl halides is 8. The van der Waals surface area contributed by atoms with Gasteiger partial charge in [0.15, 0.2) is 16.4 Å². The van der Waals surface area contributed by atoms with Crippen molar-refractivity contribution in [3.63, 3.8) is 0 Å². The third-order valence-corrected chi connectivity index (χ3v) is 5.34. The summed E-state index contributed by atoms with van der Waals surface area (Å²) < 4.78 is 129. The first-order chi connectivity index (χ1) is 13.6. The highest BCUT2D eigenvalue weighted by molar-refractivity contribution is 7.91. The van der Waals surface area contributed by atoms with Gasteiger partial charge in [0.25, 0.3) is 0 Å². The molecule has 0 aliphatic carbocycles. The molecule has 0 unspecified atom stereocenters. The number of rotatable bonds is 6. The molecule has 0 amide bonds. The summed E-state index contributed by atoms with van der Waals surface area (Å²) in [5, 5.41) is 6.63. The van der Waals surface area contributed by atoms with Gasteiger partial charge in [-0.1, -0.05) is 6.92 Å². The first kappa shape index (κ1) is 23.7. The van der Waals surface area contributed by atoms with Gasteiger partial charge in [0, 0.05) is 12.3 Å². The van der Waals surface area contributed by atoms with E-state index in [0.29, 0.717) is 12.3 Å². The van der Waals surface area contributed by atoms with Crippen molar-refractivity contribution in [1.29, 1.82) is 0 Å². The highest BCUT2D eigenvalue weighted by Crippen LogP contribution is 2.36. The highest BCUT2D eigenvalue weighted by atomic mass is 32.2. The molecule has 0 saturated carbocycles. The summed E-state index contributed by atoms with van der Waals surface area (Å²) in [6.45, 7) is -0.901. The highest BCUT2D eigenvalue weighted by Gasteiger charge is 2.58. The number of hydrogen-bond donors (Lipinski definition) is 0. The second-order valence-electron chi connectivity index (χ2n) is 5.72. The standard InChI is InChI=1S/C15H11F8N3O3S/c1-2-30(27,28)10-5-8(14(18,19)20)6-24-12(10)9-3-4-11(26-25-9)29-7-13(16,17)15(21,22)23/h3-6H,2,7H2,1H3. The molecular formula is C15H11F8N3O3S. The van der Waals surface area contributed by atoms with Crippen molar-refractivity contribution < 1.29 is 48.3 Å². The third kappa shape index (κ3) is 5.12. The minimum Gasteiger partial charge on any atom is -0.470 e. The average Bonchev–Trinajstić information content (AvgIpc) is 2.65.